The average molecular weight is 233 g/mol. The molecule has 0 aromatic carbocycles. The van der Waals surface area contributed by atoms with E-state index in [2.05, 4.69) is 15.1 Å². The number of nitrogens with zero attached hydrogens (tertiary/aromatic N) is 4. The van der Waals surface area contributed by atoms with E-state index in [4.69, 9.17) is 5.73 Å². The highest BCUT2D eigenvalue weighted by atomic mass is 16.3. The smallest absolute Gasteiger partial charge is 0.164 e. The Morgan fingerprint density at radius 2 is 2.24 bits per heavy atom. The Hall–Kier alpha value is -1.95. The lowest BCUT2D eigenvalue weighted by molar-refractivity contribution is 0.0577. The molecule has 17 heavy (non-hydrogen) atoms. The summed E-state index contributed by atoms with van der Waals surface area (Å²) in [5, 5.41) is 13.8. The monoisotopic (exact) mass is 233 g/mol. The Kier molecular flexibility index (Phi) is 2.81. The van der Waals surface area contributed by atoms with E-state index in [0.29, 0.717) is 18.2 Å². The summed E-state index contributed by atoms with van der Waals surface area (Å²) in [6.45, 7) is 3.87. The van der Waals surface area contributed by atoms with Gasteiger partial charge in [0.2, 0.25) is 0 Å². The van der Waals surface area contributed by atoms with Gasteiger partial charge in [-0.25, -0.2) is 9.97 Å². The predicted molar refractivity (Wildman–Crippen MR) is 64.0 cm³/mol. The van der Waals surface area contributed by atoms with Gasteiger partial charge in [-0.2, -0.15) is 5.10 Å². The molecule has 2 aromatic rings. The summed E-state index contributed by atoms with van der Waals surface area (Å²) in [5.41, 5.74) is 5.56. The van der Waals surface area contributed by atoms with E-state index in [1.54, 1.807) is 43.2 Å². The van der Waals surface area contributed by atoms with Gasteiger partial charge in [-0.05, 0) is 19.9 Å². The minimum atomic E-state index is -0.806. The van der Waals surface area contributed by atoms with Crippen molar-refractivity contribution in [2.45, 2.75) is 26.0 Å². The lowest BCUT2D eigenvalue weighted by Crippen LogP contribution is -2.26. The van der Waals surface area contributed by atoms with E-state index in [-0.39, 0.29) is 0 Å². The normalized spacial score (nSPS) is 11.7. The van der Waals surface area contributed by atoms with Crippen molar-refractivity contribution in [2.75, 3.05) is 5.73 Å². The minimum Gasteiger partial charge on any atom is -0.389 e. The molecule has 0 aliphatic heterocycles. The van der Waals surface area contributed by atoms with Gasteiger partial charge in [0.1, 0.15) is 5.82 Å². The molecule has 0 aliphatic carbocycles. The maximum Gasteiger partial charge on any atom is 0.164 e. The van der Waals surface area contributed by atoms with Crippen molar-refractivity contribution in [3.63, 3.8) is 0 Å². The summed E-state index contributed by atoms with van der Waals surface area (Å²) in [5.74, 6) is 0.956. The van der Waals surface area contributed by atoms with Crippen molar-refractivity contribution in [2.24, 2.45) is 0 Å². The van der Waals surface area contributed by atoms with E-state index in [1.165, 1.54) is 0 Å². The number of hydrogen-bond donors (Lipinski definition) is 2. The molecule has 0 unspecified atom stereocenters. The van der Waals surface area contributed by atoms with E-state index in [9.17, 15) is 5.11 Å². The maximum absolute atomic E-state index is 9.68. The zero-order chi connectivity index (χ0) is 12.5. The molecule has 2 rings (SSSR count). The van der Waals surface area contributed by atoms with Gasteiger partial charge < -0.3 is 10.8 Å². The van der Waals surface area contributed by atoms with Gasteiger partial charge in [0.25, 0.3) is 0 Å². The van der Waals surface area contributed by atoms with Gasteiger partial charge in [-0.3, -0.25) is 4.68 Å². The Labute approximate surface area is 99.1 Å². The highest BCUT2D eigenvalue weighted by Crippen LogP contribution is 2.15. The first-order valence-corrected chi connectivity index (χ1v) is 5.28. The van der Waals surface area contributed by atoms with Crippen LogP contribution in [0.15, 0.2) is 24.7 Å². The van der Waals surface area contributed by atoms with Crippen molar-refractivity contribution < 1.29 is 5.11 Å². The summed E-state index contributed by atoms with van der Waals surface area (Å²) in [7, 11) is 0. The molecule has 0 spiro atoms. The number of rotatable bonds is 3. The quantitative estimate of drug-likeness (QED) is 0.814. The number of aliphatic hydroxyl groups is 1. The van der Waals surface area contributed by atoms with Crippen LogP contribution in [0.5, 0.6) is 0 Å². The molecule has 0 aliphatic rings. The Bertz CT molecular complexity index is 515. The molecular weight excluding hydrogens is 218 g/mol. The van der Waals surface area contributed by atoms with Crippen LogP contribution in [0.2, 0.25) is 0 Å². The maximum atomic E-state index is 9.68. The van der Waals surface area contributed by atoms with E-state index in [1.807, 2.05) is 0 Å². The Morgan fingerprint density at radius 1 is 1.47 bits per heavy atom. The molecule has 90 valence electrons. The van der Waals surface area contributed by atoms with E-state index in [0.717, 1.165) is 5.56 Å². The molecule has 0 saturated heterocycles. The van der Waals surface area contributed by atoms with Gasteiger partial charge in [-0.1, -0.05) is 0 Å². The van der Waals surface area contributed by atoms with Crippen molar-refractivity contribution in [1.82, 2.24) is 19.7 Å². The number of hydrogen-bond acceptors (Lipinski definition) is 5. The van der Waals surface area contributed by atoms with E-state index < -0.39 is 5.60 Å². The number of nitrogens with two attached hydrogens (primary N) is 1. The van der Waals surface area contributed by atoms with Crippen LogP contribution in [0.25, 0.3) is 11.4 Å². The first-order valence-electron chi connectivity index (χ1n) is 5.28. The second-order valence-electron chi connectivity index (χ2n) is 4.54. The van der Waals surface area contributed by atoms with Crippen LogP contribution < -0.4 is 5.73 Å². The van der Waals surface area contributed by atoms with Gasteiger partial charge >= 0.3 is 0 Å². The van der Waals surface area contributed by atoms with Crippen molar-refractivity contribution in [3.8, 4) is 11.4 Å². The zero-order valence-corrected chi connectivity index (χ0v) is 9.83. The second kappa shape index (κ2) is 4.14. The molecule has 6 nitrogen and oxygen atoms in total. The van der Waals surface area contributed by atoms with Gasteiger partial charge in [0.15, 0.2) is 5.82 Å². The molecule has 0 saturated carbocycles. The minimum absolute atomic E-state index is 0.412. The van der Waals surface area contributed by atoms with Gasteiger partial charge in [0.05, 0.1) is 23.9 Å². The molecular formula is C11H15N5O. The first kappa shape index (κ1) is 11.5. The molecule has 2 aromatic heterocycles. The summed E-state index contributed by atoms with van der Waals surface area (Å²) in [6.07, 6.45) is 5.04. The predicted octanol–water partition coefficient (Wildman–Crippen LogP) is 0.693. The number of nitrogen functional groups attached to an aromatic ring is 1. The fourth-order valence-corrected chi connectivity index (χ4v) is 1.47. The standard InChI is InChI=1S/C11H15N5O/c1-11(2,17)7-16-6-8(5-14-16)10-13-4-3-9(12)15-10/h3-6,17H,7H2,1-2H3,(H2,12,13,15). The topological polar surface area (TPSA) is 89.8 Å². The summed E-state index contributed by atoms with van der Waals surface area (Å²) in [6, 6.07) is 1.63. The lowest BCUT2D eigenvalue weighted by atomic mass is 10.1. The van der Waals surface area contributed by atoms with Gasteiger partial charge in [0, 0.05) is 12.4 Å². The van der Waals surface area contributed by atoms with Crippen molar-refractivity contribution in [3.05, 3.63) is 24.7 Å². The largest absolute Gasteiger partial charge is 0.389 e. The molecule has 0 radical (unpaired) electrons. The van der Waals surface area contributed by atoms with Crippen LogP contribution in [-0.4, -0.2) is 30.5 Å². The fraction of sp³-hybridized carbons (Fsp3) is 0.364. The van der Waals surface area contributed by atoms with E-state index >= 15 is 0 Å². The number of aromatic nitrogens is 4. The van der Waals surface area contributed by atoms with Crippen LogP contribution in [0.3, 0.4) is 0 Å². The SMILES string of the molecule is CC(C)(O)Cn1cc(-c2nccc(N)n2)cn1. The highest BCUT2D eigenvalue weighted by molar-refractivity contribution is 5.53. The zero-order valence-electron chi connectivity index (χ0n) is 9.83. The Morgan fingerprint density at radius 3 is 2.88 bits per heavy atom. The van der Waals surface area contributed by atoms with Crippen LogP contribution in [0, 0.1) is 0 Å². The van der Waals surface area contributed by atoms with Gasteiger partial charge in [-0.15, -0.1) is 0 Å². The molecule has 0 atom stereocenters. The third-order valence-electron chi connectivity index (χ3n) is 2.12. The summed E-state index contributed by atoms with van der Waals surface area (Å²) in [4.78, 5) is 8.22. The van der Waals surface area contributed by atoms with Crippen LogP contribution in [-0.2, 0) is 6.54 Å². The lowest BCUT2D eigenvalue weighted by Gasteiger charge is -2.16. The second-order valence-corrected chi connectivity index (χ2v) is 4.54. The van der Waals surface area contributed by atoms with Crippen LogP contribution in [0.1, 0.15) is 13.8 Å². The van der Waals surface area contributed by atoms with Crippen molar-refractivity contribution >= 4 is 5.82 Å². The first-order chi connectivity index (χ1) is 7.94. The highest BCUT2D eigenvalue weighted by Gasteiger charge is 2.14. The molecule has 0 bridgehead atoms. The Balaban J connectivity index is 2.24. The molecule has 2 heterocycles. The summed E-state index contributed by atoms with van der Waals surface area (Å²) < 4.78 is 1.65. The third-order valence-corrected chi connectivity index (χ3v) is 2.12. The molecule has 3 N–H and O–H groups in total. The van der Waals surface area contributed by atoms with Crippen molar-refractivity contribution in [1.29, 1.82) is 0 Å². The van der Waals surface area contributed by atoms with Crippen LogP contribution >= 0.6 is 0 Å². The van der Waals surface area contributed by atoms with Crippen LogP contribution in [0.4, 0.5) is 5.82 Å². The fourth-order valence-electron chi connectivity index (χ4n) is 1.47. The average Bonchev–Trinajstić information content (AvgIpc) is 2.63. The molecule has 6 heteroatoms. The molecule has 0 fully saturated rings. The molecule has 0 amide bonds. The third kappa shape index (κ3) is 3.01. The number of anilines is 1. The summed E-state index contributed by atoms with van der Waals surface area (Å²) >= 11 is 0.